The van der Waals surface area contributed by atoms with Gasteiger partial charge in [-0.3, -0.25) is 4.79 Å². The number of halogens is 1. The summed E-state index contributed by atoms with van der Waals surface area (Å²) in [5.41, 5.74) is 0. The maximum atomic E-state index is 10.3. The lowest BCUT2D eigenvalue weighted by atomic mass is 10.3. The monoisotopic (exact) mass is 165 g/mol. The Bertz CT molecular complexity index is 148. The van der Waals surface area contributed by atoms with Crippen molar-refractivity contribution < 1.29 is 14.7 Å². The Hall–Kier alpha value is -0.770. The first-order valence-corrected chi connectivity index (χ1v) is 3.17. The molecule has 1 atom stereocenters. The van der Waals surface area contributed by atoms with Crippen molar-refractivity contribution in [1.29, 1.82) is 0 Å². The third kappa shape index (κ3) is 3.29. The summed E-state index contributed by atoms with van der Waals surface area (Å²) in [5, 5.41) is 10.5. The Morgan fingerprint density at radius 1 is 1.70 bits per heavy atom. The molecule has 0 aromatic rings. The molecule has 0 rings (SSSR count). The smallest absolute Gasteiger partial charge is 0.327 e. The van der Waals surface area contributed by atoms with E-state index < -0.39 is 17.9 Å². The van der Waals surface area contributed by atoms with Crippen molar-refractivity contribution in [1.82, 2.24) is 5.32 Å². The fourth-order valence-corrected chi connectivity index (χ4v) is 0.621. The van der Waals surface area contributed by atoms with Gasteiger partial charge in [0.2, 0.25) is 5.91 Å². The van der Waals surface area contributed by atoms with Gasteiger partial charge in [0.25, 0.3) is 0 Å². The molecule has 0 bridgehead atoms. The topological polar surface area (TPSA) is 66.4 Å². The van der Waals surface area contributed by atoms with Crippen LogP contribution < -0.4 is 5.32 Å². The van der Waals surface area contributed by atoms with E-state index in [0.29, 0.717) is 0 Å². The molecule has 0 aromatic carbocycles. The Kier molecular flexibility index (Phi) is 3.79. The number of aliphatic carboxylic acids is 1. The Morgan fingerprint density at radius 3 is 2.30 bits per heavy atom. The highest BCUT2D eigenvalue weighted by Crippen LogP contribution is 1.87. The van der Waals surface area contributed by atoms with Crippen molar-refractivity contribution in [3.05, 3.63) is 0 Å². The minimum absolute atomic E-state index is 0.116. The number of carbonyl (C=O) groups is 2. The minimum Gasteiger partial charge on any atom is -0.480 e. The molecule has 1 unspecified atom stereocenters. The average molecular weight is 166 g/mol. The molecule has 0 fully saturated rings. The van der Waals surface area contributed by atoms with Gasteiger partial charge in [0.1, 0.15) is 6.04 Å². The molecule has 0 spiro atoms. The number of hydrogen-bond acceptors (Lipinski definition) is 2. The lowest BCUT2D eigenvalue weighted by Crippen LogP contribution is -2.40. The zero-order chi connectivity index (χ0) is 8.15. The molecule has 0 aliphatic heterocycles. The van der Waals surface area contributed by atoms with Crippen LogP contribution in [0.2, 0.25) is 0 Å². The van der Waals surface area contributed by atoms with Crippen molar-refractivity contribution in [2.45, 2.75) is 13.0 Å². The summed E-state index contributed by atoms with van der Waals surface area (Å²) < 4.78 is 0. The summed E-state index contributed by atoms with van der Waals surface area (Å²) in [7, 11) is 0. The highest BCUT2D eigenvalue weighted by atomic mass is 35.5. The van der Waals surface area contributed by atoms with Crippen LogP contribution in [0.4, 0.5) is 0 Å². The van der Waals surface area contributed by atoms with Crippen LogP contribution in [-0.4, -0.2) is 28.9 Å². The Balaban J connectivity index is 3.83. The Morgan fingerprint density at radius 2 is 2.20 bits per heavy atom. The molecule has 0 aliphatic carbocycles. The molecule has 58 valence electrons. The first-order valence-electron chi connectivity index (χ1n) is 2.63. The molecule has 0 aromatic heterocycles. The van der Waals surface area contributed by atoms with Crippen LogP contribution in [0.25, 0.3) is 0 Å². The molecule has 0 radical (unpaired) electrons. The summed E-state index contributed by atoms with van der Waals surface area (Å²) in [4.78, 5) is 20.5. The van der Waals surface area contributed by atoms with E-state index in [4.69, 9.17) is 16.7 Å². The third-order valence-corrected chi connectivity index (χ3v) is 1.14. The van der Waals surface area contributed by atoms with Crippen LogP contribution in [0.15, 0.2) is 0 Å². The highest BCUT2D eigenvalue weighted by Gasteiger charge is 2.15. The van der Waals surface area contributed by atoms with Gasteiger partial charge in [0, 0.05) is 6.92 Å². The van der Waals surface area contributed by atoms with Gasteiger partial charge in [-0.15, -0.1) is 11.6 Å². The van der Waals surface area contributed by atoms with E-state index in [2.05, 4.69) is 5.32 Å². The van der Waals surface area contributed by atoms with Crippen molar-refractivity contribution in [3.8, 4) is 0 Å². The number of rotatable bonds is 3. The van der Waals surface area contributed by atoms with Crippen LogP contribution in [0, 0.1) is 0 Å². The number of carbonyl (C=O) groups excluding carboxylic acids is 1. The van der Waals surface area contributed by atoms with Gasteiger partial charge in [-0.1, -0.05) is 0 Å². The van der Waals surface area contributed by atoms with Gasteiger partial charge in [-0.05, 0) is 0 Å². The van der Waals surface area contributed by atoms with Gasteiger partial charge in [0.15, 0.2) is 0 Å². The number of amides is 1. The molecule has 1 amide bonds. The third-order valence-electron chi connectivity index (χ3n) is 0.830. The maximum Gasteiger partial charge on any atom is 0.327 e. The number of carboxylic acid groups (broad SMARTS) is 1. The molecule has 0 aliphatic rings. The van der Waals surface area contributed by atoms with E-state index in [1.54, 1.807) is 0 Å². The average Bonchev–Trinajstić information content (AvgIpc) is 1.81. The maximum absolute atomic E-state index is 10.3. The molecular weight excluding hydrogens is 158 g/mol. The van der Waals surface area contributed by atoms with E-state index in [1.807, 2.05) is 0 Å². The largest absolute Gasteiger partial charge is 0.480 e. The van der Waals surface area contributed by atoms with Crippen molar-refractivity contribution in [3.63, 3.8) is 0 Å². The van der Waals surface area contributed by atoms with E-state index in [0.717, 1.165) is 0 Å². The predicted molar refractivity (Wildman–Crippen MR) is 36.0 cm³/mol. The van der Waals surface area contributed by atoms with Crippen LogP contribution in [0.5, 0.6) is 0 Å². The van der Waals surface area contributed by atoms with Crippen molar-refractivity contribution in [2.75, 3.05) is 5.88 Å². The number of nitrogens with one attached hydrogen (secondary N) is 1. The Labute approximate surface area is 63.2 Å². The molecule has 5 heteroatoms. The number of hydrogen-bond donors (Lipinski definition) is 2. The van der Waals surface area contributed by atoms with Gasteiger partial charge in [-0.2, -0.15) is 0 Å². The van der Waals surface area contributed by atoms with Gasteiger partial charge in [-0.25, -0.2) is 4.79 Å². The van der Waals surface area contributed by atoms with E-state index in [-0.39, 0.29) is 5.88 Å². The number of carboxylic acids is 1. The normalized spacial score (nSPS) is 12.2. The van der Waals surface area contributed by atoms with Crippen LogP contribution in [0.1, 0.15) is 6.92 Å². The van der Waals surface area contributed by atoms with Crippen LogP contribution in [-0.2, 0) is 9.59 Å². The van der Waals surface area contributed by atoms with Gasteiger partial charge >= 0.3 is 5.97 Å². The number of alkyl halides is 1. The molecule has 0 saturated carbocycles. The second-order valence-electron chi connectivity index (χ2n) is 1.75. The van der Waals surface area contributed by atoms with Gasteiger partial charge in [0.05, 0.1) is 5.88 Å². The predicted octanol–water partition coefficient (Wildman–Crippen LogP) is -0.186. The summed E-state index contributed by atoms with van der Waals surface area (Å²) in [6.45, 7) is 1.24. The fraction of sp³-hybridized carbons (Fsp3) is 0.600. The van der Waals surface area contributed by atoms with E-state index >= 15 is 0 Å². The highest BCUT2D eigenvalue weighted by molar-refractivity contribution is 6.19. The lowest BCUT2D eigenvalue weighted by Gasteiger charge is -2.07. The summed E-state index contributed by atoms with van der Waals surface area (Å²) in [5.74, 6) is -1.63. The van der Waals surface area contributed by atoms with Gasteiger partial charge < -0.3 is 10.4 Å². The van der Waals surface area contributed by atoms with E-state index in [1.165, 1.54) is 6.92 Å². The molecule has 2 N–H and O–H groups in total. The standard InChI is InChI=1S/C5H8ClNO3/c1-3(8)7-4(2-6)5(9)10/h4H,2H2,1H3,(H,7,8)(H,9,10). The zero-order valence-corrected chi connectivity index (χ0v) is 6.18. The van der Waals surface area contributed by atoms with Crippen LogP contribution in [0.3, 0.4) is 0 Å². The first-order chi connectivity index (χ1) is 4.57. The first kappa shape index (κ1) is 9.23. The summed E-state index contributed by atoms with van der Waals surface area (Å²) in [6.07, 6.45) is 0. The molecule has 0 saturated heterocycles. The minimum atomic E-state index is -1.12. The molecule has 4 nitrogen and oxygen atoms in total. The summed E-state index contributed by atoms with van der Waals surface area (Å²) >= 11 is 5.21. The second kappa shape index (κ2) is 4.11. The molecular formula is C5H8ClNO3. The fourth-order valence-electron chi connectivity index (χ4n) is 0.412. The summed E-state index contributed by atoms with van der Waals surface area (Å²) in [6, 6.07) is -0.973. The molecule has 0 heterocycles. The van der Waals surface area contributed by atoms with Crippen molar-refractivity contribution in [2.24, 2.45) is 0 Å². The van der Waals surface area contributed by atoms with Crippen molar-refractivity contribution >= 4 is 23.5 Å². The quantitative estimate of drug-likeness (QED) is 0.570. The van der Waals surface area contributed by atoms with E-state index in [9.17, 15) is 9.59 Å². The SMILES string of the molecule is CC(=O)NC(CCl)C(=O)O. The lowest BCUT2D eigenvalue weighted by molar-refractivity contribution is -0.140. The second-order valence-corrected chi connectivity index (χ2v) is 2.05. The zero-order valence-electron chi connectivity index (χ0n) is 5.43. The molecule has 10 heavy (non-hydrogen) atoms. The van der Waals surface area contributed by atoms with Crippen LogP contribution >= 0.6 is 11.6 Å².